The summed E-state index contributed by atoms with van der Waals surface area (Å²) >= 11 is 0. The summed E-state index contributed by atoms with van der Waals surface area (Å²) < 4.78 is 18.5. The summed E-state index contributed by atoms with van der Waals surface area (Å²) in [4.78, 5) is 25.1. The molecule has 2 rings (SSSR count). The lowest BCUT2D eigenvalue weighted by molar-refractivity contribution is 0.0695. The summed E-state index contributed by atoms with van der Waals surface area (Å²) in [6.45, 7) is 1.63. The van der Waals surface area contributed by atoms with Crippen LogP contribution < -0.4 is 10.3 Å². The van der Waals surface area contributed by atoms with Crippen LogP contribution in [0.3, 0.4) is 0 Å². The Labute approximate surface area is 113 Å². The Hall–Kier alpha value is -2.63. The molecule has 0 spiro atoms. The highest BCUT2D eigenvalue weighted by Crippen LogP contribution is 2.30. The maximum Gasteiger partial charge on any atom is 0.341 e. The van der Waals surface area contributed by atoms with Crippen LogP contribution in [0.2, 0.25) is 0 Å². The first-order valence-corrected chi connectivity index (χ1v) is 5.75. The van der Waals surface area contributed by atoms with Gasteiger partial charge in [0.2, 0.25) is 0 Å². The molecular weight excluding hydrogens is 265 g/mol. The second kappa shape index (κ2) is 5.16. The van der Waals surface area contributed by atoms with Gasteiger partial charge in [-0.25, -0.2) is 9.18 Å². The van der Waals surface area contributed by atoms with E-state index in [1.165, 1.54) is 31.4 Å². The van der Waals surface area contributed by atoms with Gasteiger partial charge in [0.15, 0.2) is 0 Å². The van der Waals surface area contributed by atoms with Crippen molar-refractivity contribution in [2.45, 2.75) is 6.92 Å². The van der Waals surface area contributed by atoms with E-state index in [1.807, 2.05) is 0 Å². The first kappa shape index (κ1) is 13.8. The number of aromatic carboxylic acids is 1. The van der Waals surface area contributed by atoms with Gasteiger partial charge < -0.3 is 14.8 Å². The number of carboxylic acids is 1. The van der Waals surface area contributed by atoms with Crippen molar-refractivity contribution in [3.05, 3.63) is 51.6 Å². The first-order valence-electron chi connectivity index (χ1n) is 5.75. The zero-order valence-corrected chi connectivity index (χ0v) is 10.9. The number of H-pyrrole nitrogens is 1. The number of ether oxygens (including phenoxy) is 1. The SMILES string of the molecule is COc1ccc(F)cc1-c1[nH]c(=O)c(C(=O)O)cc1C. The van der Waals surface area contributed by atoms with E-state index in [1.54, 1.807) is 6.92 Å². The van der Waals surface area contributed by atoms with Gasteiger partial charge in [-0.05, 0) is 36.8 Å². The van der Waals surface area contributed by atoms with Crippen molar-refractivity contribution < 1.29 is 19.0 Å². The van der Waals surface area contributed by atoms with Crippen LogP contribution in [0.15, 0.2) is 29.1 Å². The first-order chi connectivity index (χ1) is 9.43. The highest BCUT2D eigenvalue weighted by atomic mass is 19.1. The van der Waals surface area contributed by atoms with Gasteiger partial charge in [0, 0.05) is 5.56 Å². The van der Waals surface area contributed by atoms with E-state index >= 15 is 0 Å². The van der Waals surface area contributed by atoms with Crippen molar-refractivity contribution in [1.82, 2.24) is 4.98 Å². The number of hydrogen-bond donors (Lipinski definition) is 2. The molecule has 0 saturated carbocycles. The van der Waals surface area contributed by atoms with Gasteiger partial charge in [-0.15, -0.1) is 0 Å². The van der Waals surface area contributed by atoms with Crippen LogP contribution in [0.5, 0.6) is 5.75 Å². The number of halogens is 1. The Bertz CT molecular complexity index is 736. The van der Waals surface area contributed by atoms with E-state index in [0.29, 0.717) is 22.6 Å². The zero-order chi connectivity index (χ0) is 14.9. The molecule has 0 aliphatic carbocycles. The van der Waals surface area contributed by atoms with Crippen LogP contribution in [0, 0.1) is 12.7 Å². The molecule has 0 atom stereocenters. The Morgan fingerprint density at radius 1 is 1.35 bits per heavy atom. The molecule has 1 heterocycles. The van der Waals surface area contributed by atoms with Gasteiger partial charge >= 0.3 is 5.97 Å². The van der Waals surface area contributed by atoms with Crippen molar-refractivity contribution in [1.29, 1.82) is 0 Å². The average Bonchev–Trinajstić information content (AvgIpc) is 2.40. The normalized spacial score (nSPS) is 10.3. The third-order valence-corrected chi connectivity index (χ3v) is 2.90. The summed E-state index contributed by atoms with van der Waals surface area (Å²) in [6.07, 6.45) is 0. The summed E-state index contributed by atoms with van der Waals surface area (Å²) in [5, 5.41) is 8.89. The van der Waals surface area contributed by atoms with Crippen LogP contribution >= 0.6 is 0 Å². The number of carboxylic acid groups (broad SMARTS) is 1. The largest absolute Gasteiger partial charge is 0.496 e. The maximum absolute atomic E-state index is 13.4. The van der Waals surface area contributed by atoms with Crippen molar-refractivity contribution in [3.8, 4) is 17.0 Å². The molecule has 1 aromatic heterocycles. The lowest BCUT2D eigenvalue weighted by atomic mass is 10.0. The molecule has 0 radical (unpaired) electrons. The number of benzene rings is 1. The number of aryl methyl sites for hydroxylation is 1. The van der Waals surface area contributed by atoms with E-state index in [9.17, 15) is 14.0 Å². The number of pyridine rings is 1. The monoisotopic (exact) mass is 277 g/mol. The fourth-order valence-corrected chi connectivity index (χ4v) is 1.95. The lowest BCUT2D eigenvalue weighted by Gasteiger charge is -2.11. The Balaban J connectivity index is 2.71. The van der Waals surface area contributed by atoms with Crippen LogP contribution in [-0.2, 0) is 0 Å². The molecule has 0 unspecified atom stereocenters. The summed E-state index contributed by atoms with van der Waals surface area (Å²) in [6, 6.07) is 5.15. The number of aromatic nitrogens is 1. The average molecular weight is 277 g/mol. The fourth-order valence-electron chi connectivity index (χ4n) is 1.95. The predicted molar refractivity (Wildman–Crippen MR) is 70.7 cm³/mol. The van der Waals surface area contributed by atoms with Crippen molar-refractivity contribution in [3.63, 3.8) is 0 Å². The van der Waals surface area contributed by atoms with E-state index < -0.39 is 17.3 Å². The second-order valence-electron chi connectivity index (χ2n) is 4.22. The molecule has 104 valence electrons. The molecule has 2 aromatic rings. The summed E-state index contributed by atoms with van der Waals surface area (Å²) in [7, 11) is 1.43. The molecule has 0 aliphatic heterocycles. The molecule has 0 saturated heterocycles. The van der Waals surface area contributed by atoms with Crippen molar-refractivity contribution >= 4 is 5.97 Å². The smallest absolute Gasteiger partial charge is 0.341 e. The number of rotatable bonds is 3. The third kappa shape index (κ3) is 2.40. The number of hydrogen-bond acceptors (Lipinski definition) is 3. The Morgan fingerprint density at radius 2 is 2.05 bits per heavy atom. The predicted octanol–water partition coefficient (Wildman–Crippen LogP) is 2.20. The summed E-state index contributed by atoms with van der Waals surface area (Å²) in [5.74, 6) is -1.41. The van der Waals surface area contributed by atoms with E-state index in [0.717, 1.165) is 0 Å². The zero-order valence-electron chi connectivity index (χ0n) is 10.9. The highest BCUT2D eigenvalue weighted by molar-refractivity contribution is 5.88. The quantitative estimate of drug-likeness (QED) is 0.901. The van der Waals surface area contributed by atoms with Gasteiger partial charge in [0.1, 0.15) is 17.1 Å². The third-order valence-electron chi connectivity index (χ3n) is 2.90. The molecule has 0 bridgehead atoms. The molecule has 1 aromatic carbocycles. The molecule has 6 heteroatoms. The Morgan fingerprint density at radius 3 is 2.65 bits per heavy atom. The second-order valence-corrected chi connectivity index (χ2v) is 4.22. The van der Waals surface area contributed by atoms with Crippen molar-refractivity contribution in [2.75, 3.05) is 7.11 Å². The van der Waals surface area contributed by atoms with E-state index in [4.69, 9.17) is 9.84 Å². The number of nitrogens with one attached hydrogen (secondary N) is 1. The fraction of sp³-hybridized carbons (Fsp3) is 0.143. The van der Waals surface area contributed by atoms with Crippen LogP contribution in [0.1, 0.15) is 15.9 Å². The van der Waals surface area contributed by atoms with Gasteiger partial charge in [-0.3, -0.25) is 4.79 Å². The van der Waals surface area contributed by atoms with Gasteiger partial charge in [-0.2, -0.15) is 0 Å². The minimum Gasteiger partial charge on any atom is -0.496 e. The minimum absolute atomic E-state index is 0.330. The van der Waals surface area contributed by atoms with Crippen molar-refractivity contribution in [2.24, 2.45) is 0 Å². The highest BCUT2D eigenvalue weighted by Gasteiger charge is 2.15. The van der Waals surface area contributed by atoms with E-state index in [-0.39, 0.29) is 5.56 Å². The molecule has 20 heavy (non-hydrogen) atoms. The number of methoxy groups -OCH3 is 1. The Kier molecular flexibility index (Phi) is 3.56. The summed E-state index contributed by atoms with van der Waals surface area (Å²) in [5.41, 5.74) is 0.0901. The molecule has 0 amide bonds. The van der Waals surface area contributed by atoms with Crippen LogP contribution in [-0.4, -0.2) is 23.2 Å². The van der Waals surface area contributed by atoms with Gasteiger partial charge in [0.25, 0.3) is 5.56 Å². The topological polar surface area (TPSA) is 79.4 Å². The van der Waals surface area contributed by atoms with Crippen LogP contribution in [0.25, 0.3) is 11.3 Å². The number of carbonyl (C=O) groups is 1. The molecule has 2 N–H and O–H groups in total. The standard InChI is InChI=1S/C14H12FNO4/c1-7-5-10(14(18)19)13(17)16-12(7)9-6-8(15)3-4-11(9)20-2/h3-6H,1-2H3,(H,16,17)(H,18,19). The lowest BCUT2D eigenvalue weighted by Crippen LogP contribution is -2.18. The van der Waals surface area contributed by atoms with Gasteiger partial charge in [0.05, 0.1) is 12.8 Å². The van der Waals surface area contributed by atoms with E-state index in [2.05, 4.69) is 4.98 Å². The minimum atomic E-state index is -1.31. The maximum atomic E-state index is 13.4. The molecule has 0 aliphatic rings. The van der Waals surface area contributed by atoms with Crippen LogP contribution in [0.4, 0.5) is 4.39 Å². The molecule has 0 fully saturated rings. The van der Waals surface area contributed by atoms with Gasteiger partial charge in [-0.1, -0.05) is 0 Å². The molecular formula is C14H12FNO4. The number of aromatic amines is 1. The molecule has 5 nitrogen and oxygen atoms in total.